The Bertz CT molecular complexity index is 533. The highest BCUT2D eigenvalue weighted by molar-refractivity contribution is 5.98. The van der Waals surface area contributed by atoms with E-state index in [4.69, 9.17) is 0 Å². The number of amides is 1. The number of piperidine rings is 1. The van der Waals surface area contributed by atoms with Crippen LogP contribution in [-0.2, 0) is 4.79 Å². The van der Waals surface area contributed by atoms with Gasteiger partial charge in [0.15, 0.2) is 0 Å². The fourth-order valence-corrected chi connectivity index (χ4v) is 3.25. The first kappa shape index (κ1) is 16.1. The number of alkyl halides is 2. The van der Waals surface area contributed by atoms with Gasteiger partial charge in [0.1, 0.15) is 5.75 Å². The lowest BCUT2D eigenvalue weighted by atomic mass is 10.0. The molecule has 3 rings (SSSR count). The van der Waals surface area contributed by atoms with Gasteiger partial charge in [-0.05, 0) is 37.1 Å². The van der Waals surface area contributed by atoms with E-state index >= 15 is 0 Å². The Morgan fingerprint density at radius 1 is 1.13 bits per heavy atom. The molecule has 1 unspecified atom stereocenters. The second-order valence-electron chi connectivity index (χ2n) is 5.81. The normalized spacial score (nSPS) is 23.3. The molecule has 0 radical (unpaired) electrons. The zero-order chi connectivity index (χ0) is 16.2. The molecule has 1 aromatic rings. The molecule has 23 heavy (non-hydrogen) atoms. The van der Waals surface area contributed by atoms with Crippen molar-refractivity contribution in [2.24, 2.45) is 0 Å². The fraction of sp³-hybridized carbons (Fsp3) is 0.562. The van der Waals surface area contributed by atoms with Crippen LogP contribution in [0.15, 0.2) is 24.3 Å². The molecule has 2 heterocycles. The molecule has 0 aromatic heterocycles. The number of benzene rings is 1. The minimum atomic E-state index is -2.84. The van der Waals surface area contributed by atoms with Gasteiger partial charge in [-0.25, -0.2) is 0 Å². The number of piperazine rings is 1. The summed E-state index contributed by atoms with van der Waals surface area (Å²) in [4.78, 5) is 16.8. The van der Waals surface area contributed by atoms with Crippen LogP contribution in [0.25, 0.3) is 0 Å². The molecule has 1 amide bonds. The Labute approximate surface area is 134 Å². The largest absolute Gasteiger partial charge is 0.435 e. The lowest BCUT2D eigenvalue weighted by Crippen LogP contribution is -2.57. The van der Waals surface area contributed by atoms with Crippen molar-refractivity contribution in [3.05, 3.63) is 24.3 Å². The van der Waals surface area contributed by atoms with Crippen LogP contribution in [0, 0.1) is 0 Å². The predicted molar refractivity (Wildman–Crippen MR) is 82.9 cm³/mol. The molecule has 1 atom stereocenters. The summed E-state index contributed by atoms with van der Waals surface area (Å²) >= 11 is 0. The maximum Gasteiger partial charge on any atom is 0.387 e. The van der Waals surface area contributed by atoms with E-state index in [0.717, 1.165) is 44.7 Å². The van der Waals surface area contributed by atoms with Crippen molar-refractivity contribution in [3.8, 4) is 5.75 Å². The van der Waals surface area contributed by atoms with Gasteiger partial charge in [-0.1, -0.05) is 0 Å². The summed E-state index contributed by atoms with van der Waals surface area (Å²) in [6.45, 7) is 1.40. The third kappa shape index (κ3) is 3.79. The molecule has 0 aliphatic carbocycles. The molecular formula is C16H21F2N3O2. The topological polar surface area (TPSA) is 44.8 Å². The molecule has 7 heteroatoms. The summed E-state index contributed by atoms with van der Waals surface area (Å²) in [6, 6.07) is 6.19. The van der Waals surface area contributed by atoms with Gasteiger partial charge in [0.2, 0.25) is 5.91 Å². The number of carbonyl (C=O) groups excluding carboxylic acids is 1. The zero-order valence-corrected chi connectivity index (χ0v) is 12.9. The number of rotatable bonds is 4. The summed E-state index contributed by atoms with van der Waals surface area (Å²) in [5.74, 6) is 0.201. The van der Waals surface area contributed by atoms with Gasteiger partial charge < -0.3 is 15.0 Å². The first-order chi connectivity index (χ1) is 11.1. The van der Waals surface area contributed by atoms with E-state index in [1.165, 1.54) is 12.1 Å². The molecule has 2 fully saturated rings. The summed E-state index contributed by atoms with van der Waals surface area (Å²) < 4.78 is 28.7. The third-order valence-corrected chi connectivity index (χ3v) is 4.38. The third-order valence-electron chi connectivity index (χ3n) is 4.38. The number of anilines is 1. The molecule has 0 saturated carbocycles. The van der Waals surface area contributed by atoms with E-state index in [0.29, 0.717) is 6.54 Å². The highest BCUT2D eigenvalue weighted by Gasteiger charge is 2.34. The van der Waals surface area contributed by atoms with Crippen molar-refractivity contribution >= 4 is 11.6 Å². The van der Waals surface area contributed by atoms with Gasteiger partial charge in [0.05, 0.1) is 6.04 Å². The maximum atomic E-state index is 12.8. The van der Waals surface area contributed by atoms with Crippen molar-refractivity contribution in [1.82, 2.24) is 10.2 Å². The highest BCUT2D eigenvalue weighted by atomic mass is 19.3. The standard InChI is InChI=1S/C16H21F2N3O2/c17-16(18)23-13-5-3-12(4-6-13)21-9-1-2-14(15(21)22)20-10-7-19-8-11-20/h3-6,14,16,19H,1-2,7-11H2. The number of hydrogen-bond donors (Lipinski definition) is 1. The highest BCUT2D eigenvalue weighted by Crippen LogP contribution is 2.26. The number of halogens is 2. The van der Waals surface area contributed by atoms with Gasteiger partial charge in [-0.3, -0.25) is 9.69 Å². The molecular weight excluding hydrogens is 304 g/mol. The first-order valence-corrected chi connectivity index (χ1v) is 7.96. The van der Waals surface area contributed by atoms with Crippen LogP contribution in [0.2, 0.25) is 0 Å². The summed E-state index contributed by atoms with van der Waals surface area (Å²) in [5.41, 5.74) is 0.733. The van der Waals surface area contributed by atoms with Crippen molar-refractivity contribution in [1.29, 1.82) is 0 Å². The number of ether oxygens (including phenoxy) is 1. The fourth-order valence-electron chi connectivity index (χ4n) is 3.25. The second-order valence-corrected chi connectivity index (χ2v) is 5.81. The van der Waals surface area contributed by atoms with Gasteiger partial charge in [0, 0.05) is 38.4 Å². The number of hydrogen-bond acceptors (Lipinski definition) is 4. The summed E-state index contributed by atoms with van der Waals surface area (Å²) in [6.07, 6.45) is 1.82. The Morgan fingerprint density at radius 2 is 1.83 bits per heavy atom. The minimum Gasteiger partial charge on any atom is -0.435 e. The Hall–Kier alpha value is -1.73. The van der Waals surface area contributed by atoms with E-state index < -0.39 is 6.61 Å². The van der Waals surface area contributed by atoms with E-state index in [1.807, 2.05) is 0 Å². The lowest BCUT2D eigenvalue weighted by Gasteiger charge is -2.40. The van der Waals surface area contributed by atoms with Gasteiger partial charge in [-0.2, -0.15) is 8.78 Å². The van der Waals surface area contributed by atoms with Crippen LogP contribution in [0.5, 0.6) is 5.75 Å². The Balaban J connectivity index is 1.70. The molecule has 0 spiro atoms. The molecule has 2 saturated heterocycles. The van der Waals surface area contributed by atoms with Crippen molar-refractivity contribution in [2.45, 2.75) is 25.5 Å². The van der Waals surface area contributed by atoms with Crippen LogP contribution in [-0.4, -0.2) is 56.2 Å². The smallest absolute Gasteiger partial charge is 0.387 e. The van der Waals surface area contributed by atoms with E-state index in [-0.39, 0.29) is 17.7 Å². The van der Waals surface area contributed by atoms with E-state index in [2.05, 4.69) is 15.0 Å². The van der Waals surface area contributed by atoms with E-state index in [1.54, 1.807) is 17.0 Å². The molecule has 2 aliphatic rings. The summed E-state index contributed by atoms with van der Waals surface area (Å²) in [5, 5.41) is 3.29. The lowest BCUT2D eigenvalue weighted by molar-refractivity contribution is -0.125. The summed E-state index contributed by atoms with van der Waals surface area (Å²) in [7, 11) is 0. The molecule has 0 bridgehead atoms. The van der Waals surface area contributed by atoms with E-state index in [9.17, 15) is 13.6 Å². The minimum absolute atomic E-state index is 0.0807. The van der Waals surface area contributed by atoms with Gasteiger partial charge >= 0.3 is 6.61 Å². The molecule has 2 aliphatic heterocycles. The number of nitrogens with zero attached hydrogens (tertiary/aromatic N) is 2. The second kappa shape index (κ2) is 7.23. The first-order valence-electron chi connectivity index (χ1n) is 7.96. The molecule has 5 nitrogen and oxygen atoms in total. The molecule has 1 aromatic carbocycles. The molecule has 1 N–H and O–H groups in total. The van der Waals surface area contributed by atoms with Crippen LogP contribution in [0.3, 0.4) is 0 Å². The Kier molecular flexibility index (Phi) is 5.07. The van der Waals surface area contributed by atoms with Crippen molar-refractivity contribution in [3.63, 3.8) is 0 Å². The van der Waals surface area contributed by atoms with Crippen LogP contribution < -0.4 is 15.0 Å². The monoisotopic (exact) mass is 325 g/mol. The van der Waals surface area contributed by atoms with Crippen LogP contribution in [0.4, 0.5) is 14.5 Å². The van der Waals surface area contributed by atoms with Crippen molar-refractivity contribution < 1.29 is 18.3 Å². The zero-order valence-electron chi connectivity index (χ0n) is 12.9. The quantitative estimate of drug-likeness (QED) is 0.915. The average molecular weight is 325 g/mol. The van der Waals surface area contributed by atoms with Crippen LogP contribution in [0.1, 0.15) is 12.8 Å². The SMILES string of the molecule is O=C1C(N2CCNCC2)CCCN1c1ccc(OC(F)F)cc1. The number of nitrogens with one attached hydrogen (secondary N) is 1. The number of carbonyl (C=O) groups is 1. The maximum absolute atomic E-state index is 12.8. The van der Waals surface area contributed by atoms with Crippen LogP contribution >= 0.6 is 0 Å². The predicted octanol–water partition coefficient (Wildman–Crippen LogP) is 1.69. The van der Waals surface area contributed by atoms with Crippen molar-refractivity contribution in [2.75, 3.05) is 37.6 Å². The Morgan fingerprint density at radius 3 is 2.48 bits per heavy atom. The average Bonchev–Trinajstić information content (AvgIpc) is 2.56. The van der Waals surface area contributed by atoms with Gasteiger partial charge in [0.25, 0.3) is 0 Å². The van der Waals surface area contributed by atoms with Gasteiger partial charge in [-0.15, -0.1) is 0 Å². The molecule has 126 valence electrons.